The molecule has 0 radical (unpaired) electrons. The van der Waals surface area contributed by atoms with Gasteiger partial charge in [0.25, 0.3) is 5.79 Å². The maximum atomic E-state index is 16.0. The van der Waals surface area contributed by atoms with Gasteiger partial charge in [0.1, 0.15) is 17.3 Å². The van der Waals surface area contributed by atoms with Crippen LogP contribution in [0.5, 0.6) is 5.75 Å². The number of rotatable bonds is 15. The highest BCUT2D eigenvalue weighted by Crippen LogP contribution is 2.73. The second kappa shape index (κ2) is 18.3. The molecule has 2 N–H and O–H groups in total. The molecule has 2 aliphatic carbocycles. The Morgan fingerprint density at radius 1 is 0.791 bits per heavy atom. The van der Waals surface area contributed by atoms with E-state index in [1.54, 1.807) is 38.3 Å². The second-order valence-corrected chi connectivity index (χ2v) is 18.5. The molecule has 6 fully saturated rings. The summed E-state index contributed by atoms with van der Waals surface area (Å²) < 4.78 is 69.1. The fraction of sp³-hybridized carbons (Fsp3) is 0.529. The number of benzene rings is 3. The average molecular weight is 927 g/mol. The van der Waals surface area contributed by atoms with Crippen LogP contribution in [0.25, 0.3) is 0 Å². The normalized spacial score (nSPS) is 38.3. The molecular formula is C51H58O16. The Morgan fingerprint density at radius 2 is 1.43 bits per heavy atom. The van der Waals surface area contributed by atoms with Gasteiger partial charge in [-0.25, -0.2) is 4.79 Å². The summed E-state index contributed by atoms with van der Waals surface area (Å²) in [6.07, 6.45) is -8.37. The number of hydrogen-bond donors (Lipinski definition) is 2. The minimum absolute atomic E-state index is 0.0426. The van der Waals surface area contributed by atoms with Crippen molar-refractivity contribution in [2.75, 3.05) is 41.7 Å². The Labute approximate surface area is 388 Å². The number of esters is 2. The number of fused-ring (bicyclic) bond motifs is 1. The number of aliphatic hydroxyl groups is 2. The Morgan fingerprint density at radius 3 is 2.04 bits per heavy atom. The molecule has 0 bridgehead atoms. The highest BCUT2D eigenvalue weighted by Gasteiger charge is 2.86. The molecule has 0 aromatic heterocycles. The van der Waals surface area contributed by atoms with Crippen LogP contribution in [0.2, 0.25) is 0 Å². The van der Waals surface area contributed by atoms with E-state index in [0.717, 1.165) is 11.1 Å². The highest BCUT2D eigenvalue weighted by atomic mass is 16.8. The summed E-state index contributed by atoms with van der Waals surface area (Å²) in [6.45, 7) is 5.03. The fourth-order valence-corrected chi connectivity index (χ4v) is 12.3. The van der Waals surface area contributed by atoms with Gasteiger partial charge in [0.2, 0.25) is 0 Å². The summed E-state index contributed by atoms with van der Waals surface area (Å²) >= 11 is 0. The standard InChI is InChI=1S/C51H58O16/c1-7-34(35-22-38(61-25-32-18-20-33(57-3)21-19-32)50(24-39(58-4)67-46(50)66-35)63-26-30-14-10-8-11-15-30)47(2)42(54)40-41-48(36(52)23-37(53)49(41,28-62-40)44(55)59-5)29-65-51(43(47)48,45(56)60-6)64-27-31-16-12-9-13-17-31/h8-21,35-41,43,46,52-53H,1,22-29H2,2-6H3/t35-,36-,37+,38-,39?,40+,41+,43?,46+,47+,48-,49-,50-,51-/m0/s1. The van der Waals surface area contributed by atoms with E-state index in [1.807, 2.05) is 60.7 Å². The molecule has 14 atom stereocenters. The zero-order valence-corrected chi connectivity index (χ0v) is 38.3. The molecule has 4 heterocycles. The largest absolute Gasteiger partial charge is 0.497 e. The van der Waals surface area contributed by atoms with E-state index >= 15 is 4.79 Å². The van der Waals surface area contributed by atoms with Crippen LogP contribution in [0.15, 0.2) is 103 Å². The molecule has 16 heteroatoms. The minimum Gasteiger partial charge on any atom is -0.497 e. The minimum atomic E-state index is -2.41. The quantitative estimate of drug-likeness (QED) is 0.161. The van der Waals surface area contributed by atoms with Gasteiger partial charge in [-0.2, -0.15) is 0 Å². The van der Waals surface area contributed by atoms with E-state index in [0.29, 0.717) is 11.3 Å². The van der Waals surface area contributed by atoms with Crippen molar-refractivity contribution >= 4 is 17.7 Å². The predicted molar refractivity (Wildman–Crippen MR) is 233 cm³/mol. The number of hydrogen-bond acceptors (Lipinski definition) is 16. The summed E-state index contributed by atoms with van der Waals surface area (Å²) in [5, 5.41) is 24.4. The Balaban J connectivity index is 1.19. The van der Waals surface area contributed by atoms with Crippen molar-refractivity contribution in [3.05, 3.63) is 120 Å². The molecule has 2 saturated carbocycles. The number of ether oxygens (including phenoxy) is 11. The van der Waals surface area contributed by atoms with Crippen molar-refractivity contribution in [3.8, 4) is 5.75 Å². The molecule has 4 aliphatic heterocycles. The first-order valence-corrected chi connectivity index (χ1v) is 22.5. The Hall–Kier alpha value is -4.81. The molecule has 1 spiro atoms. The summed E-state index contributed by atoms with van der Waals surface area (Å²) in [6, 6.07) is 26.1. The number of carbonyl (C=O) groups is 3. The van der Waals surface area contributed by atoms with Gasteiger partial charge in [-0.05, 0) is 35.7 Å². The molecule has 67 heavy (non-hydrogen) atoms. The smallest absolute Gasteiger partial charge is 0.366 e. The number of carbonyl (C=O) groups excluding carboxylic acids is 3. The molecule has 6 aliphatic rings. The van der Waals surface area contributed by atoms with Crippen LogP contribution in [0, 0.1) is 28.1 Å². The van der Waals surface area contributed by atoms with E-state index in [-0.39, 0.29) is 44.7 Å². The van der Waals surface area contributed by atoms with Crippen molar-refractivity contribution in [1.82, 2.24) is 0 Å². The number of methoxy groups -OCH3 is 4. The maximum Gasteiger partial charge on any atom is 0.366 e. The van der Waals surface area contributed by atoms with Crippen molar-refractivity contribution in [1.29, 1.82) is 0 Å². The van der Waals surface area contributed by atoms with E-state index in [9.17, 15) is 19.8 Å². The van der Waals surface area contributed by atoms with E-state index in [4.69, 9.17) is 52.1 Å². The lowest BCUT2D eigenvalue weighted by Crippen LogP contribution is -2.75. The molecule has 0 amide bonds. The van der Waals surface area contributed by atoms with Crippen LogP contribution in [-0.4, -0.2) is 124 Å². The van der Waals surface area contributed by atoms with Crippen molar-refractivity contribution in [3.63, 3.8) is 0 Å². The molecule has 3 aromatic rings. The van der Waals surface area contributed by atoms with E-state index in [2.05, 4.69) is 12.3 Å². The SMILES string of the molecule is C=C=C([C@@H]1C[C@H](OCc2ccc(OC)cc2)[C@@]2(OCc3ccccc3)CC(OC)O[C@H]2O1)[C@]1(C)C(=O)[C@@H]2OC[C@]3(C(=O)OC)[C@H](O)C[C@H](O)[C@@]4(CO[C@](OCc5ccccc5)(C(=O)OC)C14)[C@@H]23. The molecule has 2 unspecified atom stereocenters. The number of aliphatic hydroxyl groups excluding tert-OH is 2. The van der Waals surface area contributed by atoms with Gasteiger partial charge < -0.3 is 62.3 Å². The third-order valence-electron chi connectivity index (χ3n) is 15.4. The van der Waals surface area contributed by atoms with Crippen LogP contribution in [0.4, 0.5) is 0 Å². The lowest BCUT2D eigenvalue weighted by molar-refractivity contribution is -0.310. The Kier molecular flexibility index (Phi) is 12.9. The zero-order chi connectivity index (χ0) is 47.4. The maximum absolute atomic E-state index is 16.0. The van der Waals surface area contributed by atoms with Crippen LogP contribution in [0.3, 0.4) is 0 Å². The van der Waals surface area contributed by atoms with Crippen molar-refractivity contribution in [2.45, 2.75) is 100 Å². The van der Waals surface area contributed by atoms with Gasteiger partial charge in [0, 0.05) is 43.3 Å². The molecule has 16 nitrogen and oxygen atoms in total. The first kappa shape index (κ1) is 47.3. The highest BCUT2D eigenvalue weighted by molar-refractivity contribution is 5.97. The van der Waals surface area contributed by atoms with Crippen molar-refractivity contribution in [2.24, 2.45) is 28.1 Å². The summed E-state index contributed by atoms with van der Waals surface area (Å²) in [5.74, 6) is -6.93. The Bertz CT molecular complexity index is 2360. The van der Waals surface area contributed by atoms with E-state index < -0.39 is 114 Å². The first-order valence-electron chi connectivity index (χ1n) is 22.5. The third kappa shape index (κ3) is 7.23. The summed E-state index contributed by atoms with van der Waals surface area (Å²) in [5.41, 5.74) is -1.15. The van der Waals surface area contributed by atoms with Crippen LogP contribution < -0.4 is 4.74 Å². The lowest BCUT2D eigenvalue weighted by Gasteiger charge is -2.62. The third-order valence-corrected chi connectivity index (χ3v) is 15.4. The number of ketones is 1. The van der Waals surface area contributed by atoms with Gasteiger partial charge in [0.15, 0.2) is 24.0 Å². The zero-order valence-electron chi connectivity index (χ0n) is 38.3. The first-order chi connectivity index (χ1) is 32.3. The van der Waals surface area contributed by atoms with Gasteiger partial charge in [-0.15, -0.1) is 5.73 Å². The topological polar surface area (TPSA) is 193 Å². The lowest BCUT2D eigenvalue weighted by atomic mass is 9.39. The molecule has 358 valence electrons. The predicted octanol–water partition coefficient (Wildman–Crippen LogP) is 4.36. The molecule has 9 rings (SSSR count). The van der Waals surface area contributed by atoms with Gasteiger partial charge >= 0.3 is 11.9 Å². The average Bonchev–Trinajstić information content (AvgIpc) is 4.06. The fourth-order valence-electron chi connectivity index (χ4n) is 12.3. The van der Waals surface area contributed by atoms with Crippen LogP contribution in [0.1, 0.15) is 42.9 Å². The molecule has 4 saturated heterocycles. The van der Waals surface area contributed by atoms with E-state index in [1.165, 1.54) is 21.3 Å². The van der Waals surface area contributed by atoms with Gasteiger partial charge in [-0.1, -0.05) is 79.4 Å². The van der Waals surface area contributed by atoms with Gasteiger partial charge in [-0.3, -0.25) is 9.59 Å². The van der Waals surface area contributed by atoms with Crippen LogP contribution in [-0.2, 0) is 81.6 Å². The molecular weight excluding hydrogens is 869 g/mol. The summed E-state index contributed by atoms with van der Waals surface area (Å²) in [7, 11) is 5.47. The summed E-state index contributed by atoms with van der Waals surface area (Å²) in [4.78, 5) is 44.9. The number of Topliss-reactive ketones (excluding diaryl/α,β-unsaturated/α-hetero) is 1. The van der Waals surface area contributed by atoms with Gasteiger partial charge in [0.05, 0.1) is 90.1 Å². The monoisotopic (exact) mass is 926 g/mol. The molecule has 3 aromatic carbocycles. The van der Waals surface area contributed by atoms with Crippen LogP contribution >= 0.6 is 0 Å². The second-order valence-electron chi connectivity index (χ2n) is 18.5. The van der Waals surface area contributed by atoms with Crippen molar-refractivity contribution < 1.29 is 76.7 Å².